The summed E-state index contributed by atoms with van der Waals surface area (Å²) < 4.78 is 72.7. The van der Waals surface area contributed by atoms with E-state index >= 15 is 0 Å². The summed E-state index contributed by atoms with van der Waals surface area (Å²) in [6, 6.07) is 10.7. The van der Waals surface area contributed by atoms with E-state index in [2.05, 4.69) is 14.4 Å². The number of nitrogens with one attached hydrogen (secondary N) is 2. The number of anilines is 1. The molecule has 0 spiro atoms. The van der Waals surface area contributed by atoms with Gasteiger partial charge >= 0.3 is 18.6 Å². The van der Waals surface area contributed by atoms with Crippen molar-refractivity contribution in [1.82, 2.24) is 0 Å². The van der Waals surface area contributed by atoms with Crippen molar-refractivity contribution in [3.8, 4) is 11.5 Å². The molecule has 0 aliphatic heterocycles. The average molecular weight is 689 g/mol. The zero-order valence-corrected chi connectivity index (χ0v) is 26.4. The number of hydrogen-bond acceptors (Lipinski definition) is 8. The molecule has 10 nitrogen and oxygen atoms in total. The minimum atomic E-state index is -3.59. The third kappa shape index (κ3) is 11.0. The molecule has 0 saturated heterocycles. The normalized spacial score (nSPS) is 13.6. The molecule has 0 bridgehead atoms. The summed E-state index contributed by atoms with van der Waals surface area (Å²) in [5.74, 6) is -1.87. The first-order chi connectivity index (χ1) is 21.4. The third-order valence-corrected chi connectivity index (χ3v) is 7.98. The van der Waals surface area contributed by atoms with Gasteiger partial charge in [0.15, 0.2) is 30.5 Å². The summed E-state index contributed by atoms with van der Waals surface area (Å²) in [5, 5.41) is 0.669. The van der Waals surface area contributed by atoms with Crippen molar-refractivity contribution in [2.45, 2.75) is 38.2 Å². The van der Waals surface area contributed by atoms with Crippen LogP contribution in [0.2, 0.25) is 10.0 Å². The van der Waals surface area contributed by atoms with Crippen LogP contribution in [0.25, 0.3) is 0 Å². The number of carbonyl (C=O) groups excluding carboxylic acids is 2. The highest BCUT2D eigenvalue weighted by molar-refractivity contribution is 7.92. The number of hydrogen-bond donors (Lipinski definition) is 1. The van der Waals surface area contributed by atoms with Crippen molar-refractivity contribution in [2.75, 3.05) is 30.8 Å². The zero-order valence-electron chi connectivity index (χ0n) is 24.1. The van der Waals surface area contributed by atoms with E-state index in [0.29, 0.717) is 39.3 Å². The molecule has 242 valence electrons. The molecule has 15 heteroatoms. The molecule has 4 rings (SSSR count). The van der Waals surface area contributed by atoms with E-state index in [1.807, 2.05) is 0 Å². The monoisotopic (exact) mass is 687 g/mol. The Balaban J connectivity index is 1.45. The standard InChI is InChI=1S/C30H30Cl2F2N2O8S/c1-45(39,40)36-25-5-3-2-4-20(25)12-28(37)43-17-29(38)42-16-21(10-22-23(31)13-35-14-24(22)32)19-8-9-26(44-30(33)34)27(11-19)41-15-18-6-7-18/h2-5,8-9,11,13-14,18,21,30,36H,6-7,10,12,15-17H2,1H3/p+1/t21-/m1/s1. The van der Waals surface area contributed by atoms with Crippen LogP contribution in [0.1, 0.15) is 35.4 Å². The van der Waals surface area contributed by atoms with Gasteiger partial charge in [0.05, 0.1) is 31.6 Å². The molecule has 1 aliphatic carbocycles. The van der Waals surface area contributed by atoms with Crippen molar-refractivity contribution in [3.63, 3.8) is 0 Å². The third-order valence-electron chi connectivity index (χ3n) is 6.72. The quantitative estimate of drug-likeness (QED) is 0.203. The van der Waals surface area contributed by atoms with Crippen LogP contribution in [0.4, 0.5) is 14.5 Å². The number of rotatable bonds is 16. The fourth-order valence-electron chi connectivity index (χ4n) is 4.32. The van der Waals surface area contributed by atoms with E-state index in [9.17, 15) is 26.8 Å². The Bertz CT molecular complexity index is 1600. The van der Waals surface area contributed by atoms with Crippen molar-refractivity contribution in [3.05, 3.63) is 81.6 Å². The van der Waals surface area contributed by atoms with Gasteiger partial charge in [-0.2, -0.15) is 8.78 Å². The molecule has 2 N–H and O–H groups in total. The van der Waals surface area contributed by atoms with Gasteiger partial charge in [0.2, 0.25) is 10.0 Å². The van der Waals surface area contributed by atoms with Crippen LogP contribution in [0.15, 0.2) is 54.9 Å². The first-order valence-corrected chi connectivity index (χ1v) is 16.4. The lowest BCUT2D eigenvalue weighted by atomic mass is 9.92. The fourth-order valence-corrected chi connectivity index (χ4v) is 5.45. The summed E-state index contributed by atoms with van der Waals surface area (Å²) in [6.45, 7) is -3.62. The Hall–Kier alpha value is -3.68. The number of sulfonamides is 1. The van der Waals surface area contributed by atoms with Crippen molar-refractivity contribution in [1.29, 1.82) is 0 Å². The second-order valence-corrected chi connectivity index (χ2v) is 13.0. The SMILES string of the molecule is CS(=O)(=O)Nc1ccccc1CC(=O)OCC(=O)OC[C@@H](Cc1c(Cl)c[nH+]cc1Cl)c1ccc(OC(F)F)c(OCC2CC2)c1. The van der Waals surface area contributed by atoms with Gasteiger partial charge in [-0.05, 0) is 54.5 Å². The van der Waals surface area contributed by atoms with E-state index in [4.69, 9.17) is 37.4 Å². The lowest BCUT2D eigenvalue weighted by Crippen LogP contribution is -2.21. The molecular weight excluding hydrogens is 657 g/mol. The van der Waals surface area contributed by atoms with Gasteiger partial charge in [0.1, 0.15) is 10.0 Å². The molecule has 0 unspecified atom stereocenters. The topological polar surface area (TPSA) is 131 Å². The first-order valence-electron chi connectivity index (χ1n) is 13.8. The number of ether oxygens (including phenoxy) is 4. The number of carbonyl (C=O) groups is 2. The molecule has 1 heterocycles. The number of benzene rings is 2. The predicted octanol–water partition coefficient (Wildman–Crippen LogP) is 5.22. The van der Waals surface area contributed by atoms with E-state index in [-0.39, 0.29) is 36.6 Å². The van der Waals surface area contributed by atoms with Crippen LogP contribution in [0.5, 0.6) is 11.5 Å². The molecule has 1 aliphatic rings. The van der Waals surface area contributed by atoms with Gasteiger partial charge in [-0.3, -0.25) is 9.52 Å². The molecule has 2 aromatic carbocycles. The lowest BCUT2D eigenvalue weighted by molar-refractivity contribution is -0.377. The second-order valence-electron chi connectivity index (χ2n) is 10.4. The highest BCUT2D eigenvalue weighted by atomic mass is 35.5. The second kappa shape index (κ2) is 15.5. The first kappa shape index (κ1) is 34.2. The molecular formula is C30H31Cl2F2N2O8S+. The summed E-state index contributed by atoms with van der Waals surface area (Å²) in [6.07, 6.45) is 5.93. The number of H-pyrrole nitrogens is 1. The van der Waals surface area contributed by atoms with Crippen molar-refractivity contribution < 1.29 is 50.7 Å². The van der Waals surface area contributed by atoms with E-state index in [1.165, 1.54) is 12.1 Å². The van der Waals surface area contributed by atoms with E-state index in [0.717, 1.165) is 19.1 Å². The molecule has 45 heavy (non-hydrogen) atoms. The number of alkyl halides is 2. The Morgan fingerprint density at radius 1 is 1.02 bits per heavy atom. The Morgan fingerprint density at radius 3 is 2.40 bits per heavy atom. The predicted molar refractivity (Wildman–Crippen MR) is 161 cm³/mol. The fraction of sp³-hybridized carbons (Fsp3) is 0.367. The van der Waals surface area contributed by atoms with Gasteiger partial charge in [-0.15, -0.1) is 0 Å². The molecule has 3 aromatic rings. The molecule has 1 atom stereocenters. The zero-order chi connectivity index (χ0) is 32.6. The maximum Gasteiger partial charge on any atom is 0.387 e. The number of esters is 2. The Morgan fingerprint density at radius 2 is 1.73 bits per heavy atom. The van der Waals surface area contributed by atoms with Crippen LogP contribution in [0, 0.1) is 5.92 Å². The van der Waals surface area contributed by atoms with Crippen LogP contribution < -0.4 is 19.2 Å². The van der Waals surface area contributed by atoms with Gasteiger partial charge in [-0.1, -0.05) is 47.5 Å². The average Bonchev–Trinajstić information content (AvgIpc) is 3.80. The highest BCUT2D eigenvalue weighted by Gasteiger charge is 2.25. The van der Waals surface area contributed by atoms with E-state index in [1.54, 1.807) is 42.7 Å². The van der Waals surface area contributed by atoms with Crippen LogP contribution >= 0.6 is 23.2 Å². The van der Waals surface area contributed by atoms with Crippen LogP contribution in [-0.2, 0) is 41.9 Å². The van der Waals surface area contributed by atoms with Gasteiger partial charge in [0, 0.05) is 11.5 Å². The number of aromatic nitrogens is 1. The minimum Gasteiger partial charge on any atom is -0.489 e. The number of para-hydroxylation sites is 1. The van der Waals surface area contributed by atoms with Gasteiger partial charge in [0.25, 0.3) is 0 Å². The van der Waals surface area contributed by atoms with Crippen molar-refractivity contribution in [2.24, 2.45) is 5.92 Å². The van der Waals surface area contributed by atoms with Gasteiger partial charge < -0.3 is 18.9 Å². The smallest absolute Gasteiger partial charge is 0.387 e. The summed E-state index contributed by atoms with van der Waals surface area (Å²) >= 11 is 12.8. The van der Waals surface area contributed by atoms with Crippen molar-refractivity contribution >= 4 is 50.9 Å². The Kier molecular flexibility index (Phi) is 11.8. The minimum absolute atomic E-state index is 0.120. The Labute approximate surface area is 269 Å². The maximum atomic E-state index is 13.1. The molecule has 0 amide bonds. The molecule has 1 fully saturated rings. The number of aromatic amines is 1. The molecule has 1 saturated carbocycles. The lowest BCUT2D eigenvalue weighted by Gasteiger charge is -2.21. The number of pyridine rings is 1. The van der Waals surface area contributed by atoms with E-state index < -0.39 is 41.1 Å². The summed E-state index contributed by atoms with van der Waals surface area (Å²) in [5.41, 5.74) is 1.69. The van der Waals surface area contributed by atoms with Crippen LogP contribution in [-0.4, -0.2) is 53.0 Å². The van der Waals surface area contributed by atoms with Gasteiger partial charge in [-0.25, -0.2) is 18.2 Å². The highest BCUT2D eigenvalue weighted by Crippen LogP contribution is 2.37. The largest absolute Gasteiger partial charge is 0.489 e. The maximum absolute atomic E-state index is 13.1. The number of halogens is 4. The molecule has 0 radical (unpaired) electrons. The summed E-state index contributed by atoms with van der Waals surface area (Å²) in [7, 11) is -3.59. The van der Waals surface area contributed by atoms with Crippen LogP contribution in [0.3, 0.4) is 0 Å². The molecule has 1 aromatic heterocycles. The summed E-state index contributed by atoms with van der Waals surface area (Å²) in [4.78, 5) is 27.9.